The molecule has 1 aromatic carbocycles. The van der Waals surface area contributed by atoms with Crippen molar-refractivity contribution in [2.45, 2.75) is 39.0 Å². The smallest absolute Gasteiger partial charge is 0.246 e. The van der Waals surface area contributed by atoms with E-state index in [1.165, 1.54) is 0 Å². The minimum absolute atomic E-state index is 0.154. The lowest BCUT2D eigenvalue weighted by Crippen LogP contribution is -2.23. The summed E-state index contributed by atoms with van der Waals surface area (Å²) in [4.78, 5) is 11.5. The first kappa shape index (κ1) is 19.8. The van der Waals surface area contributed by atoms with Crippen LogP contribution in [0.1, 0.15) is 31.7 Å². The van der Waals surface area contributed by atoms with Crippen LogP contribution in [0.2, 0.25) is 0 Å². The molecular formula is C19H26N4O3. The van der Waals surface area contributed by atoms with Crippen LogP contribution >= 0.6 is 0 Å². The number of nitrogens with zero attached hydrogens (tertiary/aromatic N) is 1. The number of hydrogen-bond acceptors (Lipinski definition) is 6. The van der Waals surface area contributed by atoms with Crippen molar-refractivity contribution >= 4 is 11.6 Å². The molecule has 1 aliphatic rings. The fraction of sp³-hybridized carbons (Fsp3) is 0.421. The van der Waals surface area contributed by atoms with Gasteiger partial charge in [-0.1, -0.05) is 18.7 Å². The number of benzene rings is 1. The van der Waals surface area contributed by atoms with Gasteiger partial charge in [-0.3, -0.25) is 4.79 Å². The summed E-state index contributed by atoms with van der Waals surface area (Å²) in [5.41, 5.74) is 10.1. The van der Waals surface area contributed by atoms with Crippen LogP contribution in [0.15, 0.2) is 53.4 Å². The number of amides is 1. The van der Waals surface area contributed by atoms with E-state index in [0.717, 1.165) is 37.1 Å². The van der Waals surface area contributed by atoms with Gasteiger partial charge in [-0.15, -0.1) is 0 Å². The van der Waals surface area contributed by atoms with Crippen molar-refractivity contribution in [2.75, 3.05) is 18.5 Å². The Hall–Kier alpha value is -2.51. The van der Waals surface area contributed by atoms with Crippen molar-refractivity contribution in [1.82, 2.24) is 5.32 Å². The van der Waals surface area contributed by atoms with E-state index in [1.54, 1.807) is 13.1 Å². The highest BCUT2D eigenvalue weighted by atomic mass is 16.7. The predicted octanol–water partition coefficient (Wildman–Crippen LogP) is 3.71. The van der Waals surface area contributed by atoms with Crippen molar-refractivity contribution in [3.8, 4) is 0 Å². The molecule has 0 saturated carbocycles. The maximum absolute atomic E-state index is 11.5. The van der Waals surface area contributed by atoms with Gasteiger partial charge >= 0.3 is 0 Å². The molecular weight excluding hydrogens is 332 g/mol. The molecule has 26 heavy (non-hydrogen) atoms. The second kappa shape index (κ2) is 10.5. The quantitative estimate of drug-likeness (QED) is 0.463. The van der Waals surface area contributed by atoms with Gasteiger partial charge in [0.2, 0.25) is 5.91 Å². The zero-order valence-electron chi connectivity index (χ0n) is 15.1. The lowest BCUT2D eigenvalue weighted by molar-refractivity contribution is -0.157. The van der Waals surface area contributed by atoms with E-state index in [9.17, 15) is 4.79 Å². The first-order chi connectivity index (χ1) is 12.6. The molecule has 1 saturated heterocycles. The molecule has 1 fully saturated rings. The van der Waals surface area contributed by atoms with Gasteiger partial charge in [0.25, 0.3) is 0 Å². The highest BCUT2D eigenvalue weighted by Crippen LogP contribution is 2.15. The summed E-state index contributed by atoms with van der Waals surface area (Å²) in [5.74, 6) is -0.154. The molecule has 7 nitrogen and oxygen atoms in total. The minimum atomic E-state index is -0.206. The van der Waals surface area contributed by atoms with E-state index >= 15 is 0 Å². The third kappa shape index (κ3) is 6.78. The first-order valence-corrected chi connectivity index (χ1v) is 8.67. The maximum Gasteiger partial charge on any atom is 0.246 e. The molecule has 0 bridgehead atoms. The Morgan fingerprint density at radius 3 is 2.81 bits per heavy atom. The van der Waals surface area contributed by atoms with Gasteiger partial charge in [-0.05, 0) is 43.9 Å². The molecule has 2 rings (SSSR count). The molecule has 0 radical (unpaired) electrons. The molecule has 1 aliphatic heterocycles. The number of carbonyl (C=O) groups excluding carboxylic acids is 1. The molecule has 1 unspecified atom stereocenters. The van der Waals surface area contributed by atoms with Crippen LogP contribution in [0.5, 0.6) is 0 Å². The Labute approximate surface area is 154 Å². The molecule has 7 heteroatoms. The van der Waals surface area contributed by atoms with E-state index in [1.807, 2.05) is 24.3 Å². The lowest BCUT2D eigenvalue weighted by atomic mass is 10.2. The average molecular weight is 358 g/mol. The molecule has 1 amide bonds. The molecule has 0 aliphatic carbocycles. The Morgan fingerprint density at radius 2 is 2.19 bits per heavy atom. The topological polar surface area (TPSA) is 95.8 Å². The zero-order valence-corrected chi connectivity index (χ0v) is 15.1. The fourth-order valence-electron chi connectivity index (χ4n) is 2.35. The summed E-state index contributed by atoms with van der Waals surface area (Å²) in [7, 11) is 0. The van der Waals surface area contributed by atoms with Crippen molar-refractivity contribution in [2.24, 2.45) is 5.11 Å². The number of anilines is 1. The third-order valence-corrected chi connectivity index (χ3v) is 3.90. The summed E-state index contributed by atoms with van der Waals surface area (Å²) in [6.07, 6.45) is 4.48. The van der Waals surface area contributed by atoms with Crippen LogP contribution in [-0.4, -0.2) is 25.4 Å². The van der Waals surface area contributed by atoms with Gasteiger partial charge < -0.3 is 20.1 Å². The third-order valence-electron chi connectivity index (χ3n) is 3.90. The number of rotatable bonds is 9. The van der Waals surface area contributed by atoms with Gasteiger partial charge in [-0.2, -0.15) is 5.11 Å². The summed E-state index contributed by atoms with van der Waals surface area (Å²) >= 11 is 0. The van der Waals surface area contributed by atoms with E-state index < -0.39 is 0 Å². The van der Waals surface area contributed by atoms with Crippen molar-refractivity contribution in [3.05, 3.63) is 53.9 Å². The Kier molecular flexibility index (Phi) is 7.98. The van der Waals surface area contributed by atoms with Crippen LogP contribution in [0.4, 0.5) is 5.69 Å². The van der Waals surface area contributed by atoms with E-state index in [-0.39, 0.29) is 18.8 Å². The first-order valence-electron chi connectivity index (χ1n) is 8.67. The van der Waals surface area contributed by atoms with Crippen LogP contribution in [-0.2, 0) is 20.8 Å². The van der Waals surface area contributed by atoms with E-state index in [2.05, 4.69) is 22.3 Å². The molecule has 3 N–H and O–H groups in total. The highest BCUT2D eigenvalue weighted by molar-refractivity contribution is 5.92. The van der Waals surface area contributed by atoms with Crippen molar-refractivity contribution in [1.29, 1.82) is 5.53 Å². The largest absolute Gasteiger partial charge is 0.360 e. The Balaban J connectivity index is 1.80. The van der Waals surface area contributed by atoms with Crippen LogP contribution < -0.4 is 10.6 Å². The Bertz CT molecular complexity index is 649. The lowest BCUT2D eigenvalue weighted by Gasteiger charge is -2.22. The molecule has 1 aromatic rings. The van der Waals surface area contributed by atoms with Crippen LogP contribution in [0.25, 0.3) is 0 Å². The highest BCUT2D eigenvalue weighted by Gasteiger charge is 2.14. The number of hydrogen-bond donors (Lipinski definition) is 3. The summed E-state index contributed by atoms with van der Waals surface area (Å²) in [6.45, 7) is 6.68. The zero-order chi connectivity index (χ0) is 18.8. The molecule has 140 valence electrons. The normalized spacial score (nSPS) is 17.4. The number of carbonyl (C=O) groups is 1. The number of nitrogens with one attached hydrogen (secondary N) is 3. The Morgan fingerprint density at radius 1 is 1.42 bits per heavy atom. The standard InChI is InChI=1S/C19H26N4O3/c1-14(2)19(24)22-11-15-6-8-16(9-7-15)21-12-17(23-20)13-26-18-5-3-4-10-25-18/h6-9,12,18,20-21H,1,3-5,10-11,13H2,2H3,(H,22,24)/b17-12-,23-20?. The second-order valence-corrected chi connectivity index (χ2v) is 6.16. The van der Waals surface area contributed by atoms with Gasteiger partial charge in [0, 0.05) is 30.6 Å². The monoisotopic (exact) mass is 358 g/mol. The molecule has 1 atom stereocenters. The van der Waals surface area contributed by atoms with Gasteiger partial charge in [0.1, 0.15) is 5.70 Å². The van der Waals surface area contributed by atoms with Crippen LogP contribution in [0.3, 0.4) is 0 Å². The molecule has 1 heterocycles. The van der Waals surface area contributed by atoms with Crippen molar-refractivity contribution in [3.63, 3.8) is 0 Å². The SMILES string of the molecule is C=C(C)C(=O)NCc1ccc(N/C=C(/COC2CCCCO2)N=N)cc1. The summed E-state index contributed by atoms with van der Waals surface area (Å²) in [6, 6.07) is 7.62. The average Bonchev–Trinajstić information content (AvgIpc) is 2.67. The van der Waals surface area contributed by atoms with Gasteiger partial charge in [0.15, 0.2) is 6.29 Å². The van der Waals surface area contributed by atoms with Gasteiger partial charge in [-0.25, -0.2) is 5.53 Å². The van der Waals surface area contributed by atoms with Crippen molar-refractivity contribution < 1.29 is 14.3 Å². The van der Waals surface area contributed by atoms with E-state index in [4.69, 9.17) is 15.0 Å². The fourth-order valence-corrected chi connectivity index (χ4v) is 2.35. The number of ether oxygens (including phenoxy) is 2. The molecule has 0 spiro atoms. The second-order valence-electron chi connectivity index (χ2n) is 6.16. The van der Waals surface area contributed by atoms with E-state index in [0.29, 0.717) is 17.8 Å². The van der Waals surface area contributed by atoms with Crippen LogP contribution in [0, 0.1) is 5.53 Å². The minimum Gasteiger partial charge on any atom is -0.360 e. The predicted molar refractivity (Wildman–Crippen MR) is 99.5 cm³/mol. The molecule has 0 aromatic heterocycles. The maximum atomic E-state index is 11.5. The summed E-state index contributed by atoms with van der Waals surface area (Å²) in [5, 5.41) is 9.36. The summed E-state index contributed by atoms with van der Waals surface area (Å²) < 4.78 is 11.1. The van der Waals surface area contributed by atoms with Gasteiger partial charge in [0.05, 0.1) is 6.61 Å².